The van der Waals surface area contributed by atoms with E-state index in [-0.39, 0.29) is 0 Å². The molecule has 0 amide bonds. The molecule has 5 heteroatoms. The maximum atomic E-state index is 6.05. The SMILES string of the molecule is NCc1ncccc1COc1cc(Br)ccc1Cl. The van der Waals surface area contributed by atoms with Crippen molar-refractivity contribution in [1.82, 2.24) is 4.98 Å². The third-order valence-electron chi connectivity index (χ3n) is 2.45. The van der Waals surface area contributed by atoms with E-state index in [9.17, 15) is 0 Å². The van der Waals surface area contributed by atoms with Gasteiger partial charge in [-0.3, -0.25) is 4.98 Å². The number of hydrogen-bond acceptors (Lipinski definition) is 3. The zero-order valence-corrected chi connectivity index (χ0v) is 11.9. The standard InChI is InChI=1S/C13H12BrClN2O/c14-10-3-4-11(15)13(6-10)18-8-9-2-1-5-17-12(9)7-16/h1-6H,7-8,16H2. The van der Waals surface area contributed by atoms with E-state index in [0.717, 1.165) is 15.7 Å². The van der Waals surface area contributed by atoms with Crippen LogP contribution in [0.15, 0.2) is 41.0 Å². The lowest BCUT2D eigenvalue weighted by atomic mass is 10.2. The molecule has 18 heavy (non-hydrogen) atoms. The average molecular weight is 328 g/mol. The predicted molar refractivity (Wildman–Crippen MR) is 75.6 cm³/mol. The summed E-state index contributed by atoms with van der Waals surface area (Å²) in [5.41, 5.74) is 7.43. The van der Waals surface area contributed by atoms with Gasteiger partial charge >= 0.3 is 0 Å². The van der Waals surface area contributed by atoms with Crippen LogP contribution in [0.25, 0.3) is 0 Å². The Bertz CT molecular complexity index is 548. The number of benzene rings is 1. The summed E-state index contributed by atoms with van der Waals surface area (Å²) in [6.07, 6.45) is 1.72. The van der Waals surface area contributed by atoms with Gasteiger partial charge in [-0.05, 0) is 24.3 Å². The van der Waals surface area contributed by atoms with Gasteiger partial charge in [0.15, 0.2) is 0 Å². The van der Waals surface area contributed by atoms with Crippen molar-refractivity contribution in [2.75, 3.05) is 0 Å². The zero-order valence-electron chi connectivity index (χ0n) is 9.57. The average Bonchev–Trinajstić information content (AvgIpc) is 2.40. The van der Waals surface area contributed by atoms with Gasteiger partial charge in [0.1, 0.15) is 12.4 Å². The van der Waals surface area contributed by atoms with Crippen LogP contribution in [-0.4, -0.2) is 4.98 Å². The third kappa shape index (κ3) is 3.22. The van der Waals surface area contributed by atoms with Gasteiger partial charge in [0.2, 0.25) is 0 Å². The van der Waals surface area contributed by atoms with E-state index in [2.05, 4.69) is 20.9 Å². The molecule has 0 fully saturated rings. The summed E-state index contributed by atoms with van der Waals surface area (Å²) in [6.45, 7) is 0.794. The molecular weight excluding hydrogens is 316 g/mol. The lowest BCUT2D eigenvalue weighted by molar-refractivity contribution is 0.304. The fourth-order valence-corrected chi connectivity index (χ4v) is 2.04. The van der Waals surface area contributed by atoms with Crippen molar-refractivity contribution in [2.45, 2.75) is 13.2 Å². The Hall–Kier alpha value is -1.10. The van der Waals surface area contributed by atoms with E-state index in [1.807, 2.05) is 24.3 Å². The summed E-state index contributed by atoms with van der Waals surface area (Å²) >= 11 is 9.43. The topological polar surface area (TPSA) is 48.1 Å². The number of nitrogens with two attached hydrogens (primary N) is 1. The molecule has 0 saturated carbocycles. The summed E-state index contributed by atoms with van der Waals surface area (Å²) in [5.74, 6) is 0.637. The second-order valence-electron chi connectivity index (χ2n) is 3.68. The molecule has 2 rings (SSSR count). The van der Waals surface area contributed by atoms with E-state index < -0.39 is 0 Å². The van der Waals surface area contributed by atoms with Gasteiger partial charge in [0.05, 0.1) is 10.7 Å². The molecule has 2 aromatic rings. The molecule has 0 aliphatic heterocycles. The fourth-order valence-electron chi connectivity index (χ4n) is 1.53. The van der Waals surface area contributed by atoms with E-state index in [4.69, 9.17) is 22.1 Å². The Balaban J connectivity index is 2.14. The van der Waals surface area contributed by atoms with Crippen molar-refractivity contribution in [3.8, 4) is 5.75 Å². The van der Waals surface area contributed by atoms with Gasteiger partial charge in [-0.25, -0.2) is 0 Å². The smallest absolute Gasteiger partial charge is 0.139 e. The van der Waals surface area contributed by atoms with Crippen molar-refractivity contribution in [3.05, 3.63) is 57.3 Å². The number of halogens is 2. The summed E-state index contributed by atoms with van der Waals surface area (Å²) < 4.78 is 6.61. The molecule has 1 aromatic heterocycles. The molecule has 0 aliphatic rings. The molecule has 0 spiro atoms. The van der Waals surface area contributed by atoms with Crippen LogP contribution in [0, 0.1) is 0 Å². The lowest BCUT2D eigenvalue weighted by Gasteiger charge is -2.10. The zero-order chi connectivity index (χ0) is 13.0. The normalized spacial score (nSPS) is 10.4. The molecule has 2 N–H and O–H groups in total. The van der Waals surface area contributed by atoms with E-state index in [1.165, 1.54) is 0 Å². The largest absolute Gasteiger partial charge is 0.487 e. The highest BCUT2D eigenvalue weighted by atomic mass is 79.9. The Morgan fingerprint density at radius 2 is 2.17 bits per heavy atom. The molecule has 0 unspecified atom stereocenters. The van der Waals surface area contributed by atoms with Crippen LogP contribution in [0.2, 0.25) is 5.02 Å². The van der Waals surface area contributed by atoms with Crippen molar-refractivity contribution in [3.63, 3.8) is 0 Å². The van der Waals surface area contributed by atoms with Crippen LogP contribution in [0.1, 0.15) is 11.3 Å². The molecular formula is C13H12BrClN2O. The van der Waals surface area contributed by atoms with Crippen molar-refractivity contribution >= 4 is 27.5 Å². The third-order valence-corrected chi connectivity index (χ3v) is 3.26. The van der Waals surface area contributed by atoms with Gasteiger partial charge in [0.25, 0.3) is 0 Å². The number of aromatic nitrogens is 1. The van der Waals surface area contributed by atoms with E-state index in [0.29, 0.717) is 23.9 Å². The number of pyridine rings is 1. The number of nitrogens with zero attached hydrogens (tertiary/aromatic N) is 1. The van der Waals surface area contributed by atoms with Crippen LogP contribution in [0.3, 0.4) is 0 Å². The first-order valence-electron chi connectivity index (χ1n) is 5.41. The van der Waals surface area contributed by atoms with Gasteiger partial charge < -0.3 is 10.5 Å². The molecule has 3 nitrogen and oxygen atoms in total. The van der Waals surface area contributed by atoms with Gasteiger partial charge in [-0.2, -0.15) is 0 Å². The second-order valence-corrected chi connectivity index (χ2v) is 5.00. The van der Waals surface area contributed by atoms with Crippen LogP contribution in [0.4, 0.5) is 0 Å². The first-order chi connectivity index (χ1) is 8.70. The van der Waals surface area contributed by atoms with Crippen molar-refractivity contribution < 1.29 is 4.74 Å². The number of ether oxygens (including phenoxy) is 1. The monoisotopic (exact) mass is 326 g/mol. The van der Waals surface area contributed by atoms with Gasteiger partial charge in [-0.1, -0.05) is 33.6 Å². The molecule has 1 aromatic carbocycles. The van der Waals surface area contributed by atoms with E-state index >= 15 is 0 Å². The molecule has 0 atom stereocenters. The molecule has 0 bridgehead atoms. The molecule has 1 heterocycles. The Morgan fingerprint density at radius 3 is 2.94 bits per heavy atom. The maximum absolute atomic E-state index is 6.05. The highest BCUT2D eigenvalue weighted by Crippen LogP contribution is 2.28. The van der Waals surface area contributed by atoms with Crippen molar-refractivity contribution in [1.29, 1.82) is 0 Å². The summed E-state index contributed by atoms with van der Waals surface area (Å²) in [5, 5.41) is 0.580. The number of hydrogen-bond donors (Lipinski definition) is 1. The highest BCUT2D eigenvalue weighted by Gasteiger charge is 2.05. The highest BCUT2D eigenvalue weighted by molar-refractivity contribution is 9.10. The molecule has 0 aliphatic carbocycles. The Morgan fingerprint density at radius 1 is 1.33 bits per heavy atom. The minimum absolute atomic E-state index is 0.395. The molecule has 94 valence electrons. The van der Waals surface area contributed by atoms with Crippen LogP contribution < -0.4 is 10.5 Å². The van der Waals surface area contributed by atoms with Gasteiger partial charge in [0, 0.05) is 22.8 Å². The van der Waals surface area contributed by atoms with Crippen LogP contribution >= 0.6 is 27.5 Å². The predicted octanol–water partition coefficient (Wildman–Crippen LogP) is 3.54. The Labute approximate surface area is 119 Å². The fraction of sp³-hybridized carbons (Fsp3) is 0.154. The maximum Gasteiger partial charge on any atom is 0.139 e. The van der Waals surface area contributed by atoms with Crippen LogP contribution in [0.5, 0.6) is 5.75 Å². The minimum atomic E-state index is 0.395. The molecule has 0 radical (unpaired) electrons. The molecule has 0 saturated heterocycles. The first-order valence-corrected chi connectivity index (χ1v) is 6.58. The minimum Gasteiger partial charge on any atom is -0.487 e. The summed E-state index contributed by atoms with van der Waals surface area (Å²) in [7, 11) is 0. The summed E-state index contributed by atoms with van der Waals surface area (Å²) in [4.78, 5) is 4.20. The van der Waals surface area contributed by atoms with Gasteiger partial charge in [-0.15, -0.1) is 0 Å². The van der Waals surface area contributed by atoms with Crippen molar-refractivity contribution in [2.24, 2.45) is 5.73 Å². The van der Waals surface area contributed by atoms with Crippen LogP contribution in [-0.2, 0) is 13.2 Å². The first kappa shape index (κ1) is 13.3. The quantitative estimate of drug-likeness (QED) is 0.934. The summed E-state index contributed by atoms with van der Waals surface area (Å²) in [6, 6.07) is 9.29. The van der Waals surface area contributed by atoms with E-state index in [1.54, 1.807) is 12.3 Å². The second kappa shape index (κ2) is 6.18. The number of rotatable bonds is 4. The Kier molecular flexibility index (Phi) is 4.58. The lowest BCUT2D eigenvalue weighted by Crippen LogP contribution is -2.06.